The molecule has 8 N–H and O–H groups in total. The summed E-state index contributed by atoms with van der Waals surface area (Å²) in [5, 5.41) is 28.5. The quantitative estimate of drug-likeness (QED) is 0.285. The van der Waals surface area contributed by atoms with Gasteiger partial charge in [0.15, 0.2) is 23.0 Å². The summed E-state index contributed by atoms with van der Waals surface area (Å²) in [6.45, 7) is 0. The molecule has 0 aliphatic rings. The van der Waals surface area contributed by atoms with Crippen LogP contribution in [0.1, 0.15) is 11.1 Å². The molecule has 0 saturated carbocycles. The summed E-state index contributed by atoms with van der Waals surface area (Å²) in [6, 6.07) is 4.19. The Labute approximate surface area is 170 Å². The minimum Gasteiger partial charge on any atom is -0.504 e. The van der Waals surface area contributed by atoms with Gasteiger partial charge in [0.25, 0.3) is 0 Å². The number of amides is 4. The number of benzene rings is 2. The van der Waals surface area contributed by atoms with Crippen LogP contribution in [-0.2, 0) is 0 Å². The number of urea groups is 2. The van der Waals surface area contributed by atoms with Crippen molar-refractivity contribution in [2.75, 3.05) is 14.2 Å². The summed E-state index contributed by atoms with van der Waals surface area (Å²) in [7, 11) is 2.70. The normalized spacial score (nSPS) is 10.9. The molecule has 12 nitrogen and oxygen atoms in total. The van der Waals surface area contributed by atoms with Gasteiger partial charge >= 0.3 is 12.1 Å². The van der Waals surface area contributed by atoms with Crippen molar-refractivity contribution in [3.05, 3.63) is 35.4 Å². The average Bonchev–Trinajstić information content (AvgIpc) is 2.69. The third kappa shape index (κ3) is 5.28. The van der Waals surface area contributed by atoms with Crippen molar-refractivity contribution < 1.29 is 29.3 Å². The number of phenolic OH excluding ortho intramolecular Hbond substituents is 2. The maximum absolute atomic E-state index is 10.8. The molecule has 4 amide bonds. The third-order valence-corrected chi connectivity index (χ3v) is 3.70. The number of hydrazone groups is 2. The number of phenols is 2. The van der Waals surface area contributed by atoms with E-state index < -0.39 is 12.1 Å². The molecule has 0 bridgehead atoms. The highest BCUT2D eigenvalue weighted by Gasteiger charge is 2.18. The zero-order chi connectivity index (χ0) is 22.3. The second-order valence-electron chi connectivity index (χ2n) is 5.71. The van der Waals surface area contributed by atoms with Gasteiger partial charge < -0.3 is 31.2 Å². The van der Waals surface area contributed by atoms with Crippen molar-refractivity contribution >= 4 is 24.5 Å². The molecule has 0 aliphatic carbocycles. The molecule has 12 heteroatoms. The smallest absolute Gasteiger partial charge is 0.332 e. The van der Waals surface area contributed by atoms with Gasteiger partial charge in [0.2, 0.25) is 0 Å². The van der Waals surface area contributed by atoms with Crippen LogP contribution in [0.5, 0.6) is 23.0 Å². The Bertz CT molecular complexity index is 939. The minimum atomic E-state index is -0.851. The fourth-order valence-corrected chi connectivity index (χ4v) is 2.47. The number of nitrogens with zero attached hydrogens (tertiary/aromatic N) is 2. The Morgan fingerprint density at radius 2 is 1.20 bits per heavy atom. The van der Waals surface area contributed by atoms with Crippen molar-refractivity contribution in [1.29, 1.82) is 0 Å². The van der Waals surface area contributed by atoms with Gasteiger partial charge in [-0.05, 0) is 35.4 Å². The van der Waals surface area contributed by atoms with E-state index in [4.69, 9.17) is 20.9 Å². The van der Waals surface area contributed by atoms with E-state index in [-0.39, 0.29) is 34.1 Å². The van der Waals surface area contributed by atoms with Crippen molar-refractivity contribution in [2.45, 2.75) is 0 Å². The number of ether oxygens (including phenoxy) is 2. The number of carbonyl (C=O) groups excluding carboxylic acids is 2. The van der Waals surface area contributed by atoms with E-state index >= 15 is 0 Å². The fourth-order valence-electron chi connectivity index (χ4n) is 2.47. The lowest BCUT2D eigenvalue weighted by Crippen LogP contribution is -2.24. The molecule has 2 aromatic carbocycles. The summed E-state index contributed by atoms with van der Waals surface area (Å²) in [5.41, 5.74) is 15.2. The van der Waals surface area contributed by atoms with Gasteiger partial charge in [-0.15, -0.1) is 0 Å². The van der Waals surface area contributed by atoms with E-state index in [2.05, 4.69) is 10.2 Å². The van der Waals surface area contributed by atoms with Crippen molar-refractivity contribution in [1.82, 2.24) is 10.9 Å². The number of methoxy groups -OCH3 is 2. The molecule has 2 rings (SSSR count). The van der Waals surface area contributed by atoms with Crippen LogP contribution in [0, 0.1) is 0 Å². The Morgan fingerprint density at radius 1 is 0.833 bits per heavy atom. The number of carbonyl (C=O) groups is 2. The number of hydrogen-bond acceptors (Lipinski definition) is 8. The lowest BCUT2D eigenvalue weighted by Gasteiger charge is -2.14. The number of nitrogens with one attached hydrogen (secondary N) is 2. The number of hydrogen-bond donors (Lipinski definition) is 6. The lowest BCUT2D eigenvalue weighted by atomic mass is 9.98. The van der Waals surface area contributed by atoms with Crippen LogP contribution in [0.2, 0.25) is 0 Å². The van der Waals surface area contributed by atoms with Gasteiger partial charge in [0, 0.05) is 11.1 Å². The summed E-state index contributed by atoms with van der Waals surface area (Å²) in [5.74, 6) is -0.361. The first-order chi connectivity index (χ1) is 14.3. The van der Waals surface area contributed by atoms with E-state index in [0.717, 1.165) is 0 Å². The molecule has 0 unspecified atom stereocenters. The topological polar surface area (TPSA) is 194 Å². The molecule has 2 aromatic rings. The third-order valence-electron chi connectivity index (χ3n) is 3.70. The second-order valence-corrected chi connectivity index (χ2v) is 5.71. The van der Waals surface area contributed by atoms with Gasteiger partial charge in [0.1, 0.15) is 0 Å². The number of aromatic hydroxyl groups is 2. The molecule has 0 fully saturated rings. The molecule has 0 saturated heterocycles. The first kappa shape index (κ1) is 21.8. The van der Waals surface area contributed by atoms with Gasteiger partial charge in [-0.3, -0.25) is 0 Å². The Kier molecular flexibility index (Phi) is 7.01. The monoisotopic (exact) mass is 416 g/mol. The van der Waals surface area contributed by atoms with Gasteiger partial charge in [0.05, 0.1) is 26.6 Å². The molecule has 158 valence electrons. The maximum Gasteiger partial charge on any atom is 0.332 e. The van der Waals surface area contributed by atoms with E-state index in [9.17, 15) is 19.8 Å². The predicted molar refractivity (Wildman–Crippen MR) is 109 cm³/mol. The Hall–Kier alpha value is -4.48. The van der Waals surface area contributed by atoms with E-state index in [1.807, 2.05) is 10.9 Å². The average molecular weight is 416 g/mol. The van der Waals surface area contributed by atoms with Crippen LogP contribution in [0.4, 0.5) is 9.59 Å². The molecular weight excluding hydrogens is 396 g/mol. The maximum atomic E-state index is 10.8. The SMILES string of the molecule is COc1cc(/C=N/NC(N)=O)cc(-c2cc(/C=N/NC(N)=O)cc(OC)c2O)c1O. The molecule has 0 atom stereocenters. The van der Waals surface area contributed by atoms with Crippen LogP contribution in [0.15, 0.2) is 34.5 Å². The van der Waals surface area contributed by atoms with Gasteiger partial charge in [-0.2, -0.15) is 10.2 Å². The summed E-state index contributed by atoms with van der Waals surface area (Å²) in [4.78, 5) is 21.6. The molecule has 0 spiro atoms. The molecule has 30 heavy (non-hydrogen) atoms. The molecular formula is C18H20N6O6. The van der Waals surface area contributed by atoms with Crippen LogP contribution < -0.4 is 31.8 Å². The highest BCUT2D eigenvalue weighted by molar-refractivity contribution is 5.92. The first-order valence-electron chi connectivity index (χ1n) is 8.26. The Morgan fingerprint density at radius 3 is 1.50 bits per heavy atom. The molecule has 0 aromatic heterocycles. The predicted octanol–water partition coefficient (Wildman–Crippen LogP) is 0.786. The molecule has 0 heterocycles. The lowest BCUT2D eigenvalue weighted by molar-refractivity contribution is 0.248. The van der Waals surface area contributed by atoms with Crippen LogP contribution in [-0.4, -0.2) is 48.9 Å². The summed E-state index contributed by atoms with van der Waals surface area (Å²) >= 11 is 0. The number of primary amides is 2. The van der Waals surface area contributed by atoms with Crippen molar-refractivity contribution in [3.63, 3.8) is 0 Å². The van der Waals surface area contributed by atoms with E-state index in [1.165, 1.54) is 50.9 Å². The van der Waals surface area contributed by atoms with Gasteiger partial charge in [-0.1, -0.05) is 0 Å². The largest absolute Gasteiger partial charge is 0.504 e. The van der Waals surface area contributed by atoms with E-state index in [1.54, 1.807) is 0 Å². The van der Waals surface area contributed by atoms with Gasteiger partial charge in [-0.25, -0.2) is 20.4 Å². The zero-order valence-corrected chi connectivity index (χ0v) is 16.0. The second kappa shape index (κ2) is 9.64. The van der Waals surface area contributed by atoms with Crippen molar-refractivity contribution in [3.8, 4) is 34.1 Å². The highest BCUT2D eigenvalue weighted by atomic mass is 16.5. The van der Waals surface area contributed by atoms with Crippen LogP contribution in [0.3, 0.4) is 0 Å². The fraction of sp³-hybridized carbons (Fsp3) is 0.111. The number of nitrogens with two attached hydrogens (primary N) is 2. The van der Waals surface area contributed by atoms with Crippen LogP contribution >= 0.6 is 0 Å². The first-order valence-corrected chi connectivity index (χ1v) is 8.26. The standard InChI is InChI=1S/C18H20N6O6/c1-29-13-5-9(7-21-23-17(19)27)3-11(15(13)25)12-4-10(8-22-24-18(20)28)6-14(30-2)16(12)26/h3-8,25-26H,1-2H3,(H3,19,23,27)(H3,20,24,28)/b21-7+,22-8+. The van der Waals surface area contributed by atoms with Crippen LogP contribution in [0.25, 0.3) is 11.1 Å². The van der Waals surface area contributed by atoms with E-state index in [0.29, 0.717) is 11.1 Å². The molecule has 0 aliphatic heterocycles. The zero-order valence-electron chi connectivity index (χ0n) is 16.0. The highest BCUT2D eigenvalue weighted by Crippen LogP contribution is 2.45. The number of rotatable bonds is 7. The summed E-state index contributed by atoms with van der Waals surface area (Å²) in [6.07, 6.45) is 2.54. The summed E-state index contributed by atoms with van der Waals surface area (Å²) < 4.78 is 10.3. The van der Waals surface area contributed by atoms with Crippen molar-refractivity contribution in [2.24, 2.45) is 21.7 Å². The molecule has 0 radical (unpaired) electrons. The minimum absolute atomic E-state index is 0.0841. The Balaban J connectivity index is 2.62.